The Morgan fingerprint density at radius 3 is 2.70 bits per heavy atom. The average Bonchev–Trinajstić information content (AvgIpc) is 1.88. The summed E-state index contributed by atoms with van der Waals surface area (Å²) >= 11 is 0.913. The molecular formula is C5H3BrNO2S-. The van der Waals surface area contributed by atoms with Gasteiger partial charge in [-0.15, -0.1) is 0 Å². The van der Waals surface area contributed by atoms with Crippen molar-refractivity contribution in [1.82, 2.24) is 4.98 Å². The quantitative estimate of drug-likeness (QED) is 0.666. The van der Waals surface area contributed by atoms with Crippen molar-refractivity contribution in [3.05, 3.63) is 22.9 Å². The van der Waals surface area contributed by atoms with Crippen molar-refractivity contribution in [2.24, 2.45) is 0 Å². The van der Waals surface area contributed by atoms with Gasteiger partial charge in [-0.05, 0) is 33.1 Å². The van der Waals surface area contributed by atoms with E-state index in [0.29, 0.717) is 4.47 Å². The molecule has 10 heavy (non-hydrogen) atoms. The second-order valence-electron chi connectivity index (χ2n) is 1.57. The fourth-order valence-electron chi connectivity index (χ4n) is 0.484. The summed E-state index contributed by atoms with van der Waals surface area (Å²) in [5.41, 5.74) is 0. The van der Waals surface area contributed by atoms with E-state index in [1.807, 2.05) is 0 Å². The summed E-state index contributed by atoms with van der Waals surface area (Å²) in [6.07, 6.45) is 2.81. The minimum Gasteiger partial charge on any atom is -0.768 e. The van der Waals surface area contributed by atoms with E-state index in [1.54, 1.807) is 0 Å². The Hall–Kier alpha value is -0.260. The third kappa shape index (κ3) is 1.86. The highest BCUT2D eigenvalue weighted by atomic mass is 79.9. The average molecular weight is 221 g/mol. The molecule has 0 amide bonds. The van der Waals surface area contributed by atoms with Crippen molar-refractivity contribution in [2.75, 3.05) is 0 Å². The maximum absolute atomic E-state index is 10.3. The van der Waals surface area contributed by atoms with E-state index >= 15 is 0 Å². The lowest BCUT2D eigenvalue weighted by molar-refractivity contribution is 0.536. The Morgan fingerprint density at radius 1 is 1.60 bits per heavy atom. The highest BCUT2D eigenvalue weighted by Gasteiger charge is 1.91. The molecule has 3 nitrogen and oxygen atoms in total. The van der Waals surface area contributed by atoms with E-state index in [1.165, 1.54) is 18.5 Å². The maximum Gasteiger partial charge on any atom is 0.0443 e. The molecule has 0 saturated carbocycles. The van der Waals surface area contributed by atoms with Crippen molar-refractivity contribution < 1.29 is 8.76 Å². The Morgan fingerprint density at radius 2 is 2.30 bits per heavy atom. The summed E-state index contributed by atoms with van der Waals surface area (Å²) in [5, 5.41) is 0. The number of rotatable bonds is 1. The van der Waals surface area contributed by atoms with Crippen molar-refractivity contribution in [1.29, 1.82) is 0 Å². The minimum absolute atomic E-state index is 0.189. The Kier molecular flexibility index (Phi) is 2.53. The molecule has 0 aliphatic carbocycles. The first kappa shape index (κ1) is 7.84. The lowest BCUT2D eigenvalue weighted by Gasteiger charge is -2.02. The van der Waals surface area contributed by atoms with Gasteiger partial charge in [0.25, 0.3) is 0 Å². The summed E-state index contributed by atoms with van der Waals surface area (Å²) < 4.78 is 21.2. The number of nitrogens with zero attached hydrogens (tertiary/aromatic N) is 1. The van der Waals surface area contributed by atoms with Crippen LogP contribution in [0, 0.1) is 0 Å². The van der Waals surface area contributed by atoms with Gasteiger partial charge < -0.3 is 4.55 Å². The normalized spacial score (nSPS) is 13.0. The molecule has 54 valence electrons. The zero-order valence-electron chi connectivity index (χ0n) is 4.78. The molecule has 1 aromatic heterocycles. The van der Waals surface area contributed by atoms with Gasteiger partial charge in [0.05, 0.1) is 0 Å². The fraction of sp³-hybridized carbons (Fsp3) is 0. The van der Waals surface area contributed by atoms with Crippen LogP contribution in [-0.4, -0.2) is 13.7 Å². The number of hydrogen-bond donors (Lipinski definition) is 0. The van der Waals surface area contributed by atoms with Gasteiger partial charge in [-0.3, -0.25) is 9.19 Å². The van der Waals surface area contributed by atoms with Crippen LogP contribution in [-0.2, 0) is 11.1 Å². The summed E-state index contributed by atoms with van der Waals surface area (Å²) in [5.74, 6) is 0. The van der Waals surface area contributed by atoms with Gasteiger partial charge in [-0.2, -0.15) is 0 Å². The first-order valence-electron chi connectivity index (χ1n) is 2.40. The van der Waals surface area contributed by atoms with Crippen molar-refractivity contribution in [2.45, 2.75) is 4.90 Å². The summed E-state index contributed by atoms with van der Waals surface area (Å²) in [7, 11) is 0. The van der Waals surface area contributed by atoms with Gasteiger partial charge in [0.15, 0.2) is 0 Å². The van der Waals surface area contributed by atoms with Crippen LogP contribution in [0.1, 0.15) is 0 Å². The van der Waals surface area contributed by atoms with Gasteiger partial charge in [-0.1, -0.05) is 0 Å². The molecule has 0 aromatic carbocycles. The first-order valence-corrected chi connectivity index (χ1v) is 4.27. The number of pyridine rings is 1. The van der Waals surface area contributed by atoms with Gasteiger partial charge in [0.2, 0.25) is 0 Å². The molecule has 0 N–H and O–H groups in total. The molecule has 0 aliphatic rings. The Bertz CT molecular complexity index is 266. The summed E-state index contributed by atoms with van der Waals surface area (Å²) in [6.45, 7) is 0. The van der Waals surface area contributed by atoms with Crippen LogP contribution in [0.3, 0.4) is 0 Å². The van der Waals surface area contributed by atoms with E-state index in [0.717, 1.165) is 0 Å². The van der Waals surface area contributed by atoms with Crippen LogP contribution in [0.25, 0.3) is 0 Å². The molecule has 1 atom stereocenters. The van der Waals surface area contributed by atoms with E-state index in [2.05, 4.69) is 20.9 Å². The molecule has 0 aliphatic heterocycles. The Balaban J connectivity index is 3.07. The van der Waals surface area contributed by atoms with E-state index < -0.39 is 11.1 Å². The molecule has 1 aromatic rings. The van der Waals surface area contributed by atoms with E-state index in [9.17, 15) is 8.76 Å². The predicted molar refractivity (Wildman–Crippen MR) is 39.1 cm³/mol. The monoisotopic (exact) mass is 220 g/mol. The standard InChI is InChI=1S/C5H4BrNO2S/c6-4-1-5(10(8)9)3-7-2-4/h1-3H,(H,8,9)/p-1. The zero-order valence-corrected chi connectivity index (χ0v) is 7.18. The molecule has 0 fully saturated rings. The summed E-state index contributed by atoms with van der Waals surface area (Å²) in [4.78, 5) is 3.85. The third-order valence-electron chi connectivity index (χ3n) is 0.872. The topological polar surface area (TPSA) is 53.0 Å². The molecule has 0 saturated heterocycles. The minimum atomic E-state index is -2.18. The number of halogens is 1. The van der Waals surface area contributed by atoms with Gasteiger partial charge in [-0.25, -0.2) is 0 Å². The second kappa shape index (κ2) is 3.23. The third-order valence-corrected chi connectivity index (χ3v) is 1.91. The number of hydrogen-bond acceptors (Lipinski definition) is 3. The highest BCUT2D eigenvalue weighted by molar-refractivity contribution is 9.10. The van der Waals surface area contributed by atoms with Crippen molar-refractivity contribution >= 4 is 27.0 Å². The maximum atomic E-state index is 10.3. The molecule has 1 rings (SSSR count). The zero-order chi connectivity index (χ0) is 7.56. The van der Waals surface area contributed by atoms with Crippen molar-refractivity contribution in [3.63, 3.8) is 0 Å². The number of aromatic nitrogens is 1. The predicted octanol–water partition coefficient (Wildman–Crippen LogP) is 1.08. The molecule has 1 unspecified atom stereocenters. The first-order chi connectivity index (χ1) is 4.70. The smallest absolute Gasteiger partial charge is 0.0443 e. The SMILES string of the molecule is O=S([O-])c1cncc(Br)c1. The van der Waals surface area contributed by atoms with E-state index in [-0.39, 0.29) is 4.90 Å². The summed E-state index contributed by atoms with van der Waals surface area (Å²) in [6, 6.07) is 1.48. The largest absolute Gasteiger partial charge is 0.768 e. The van der Waals surface area contributed by atoms with Crippen LogP contribution < -0.4 is 0 Å². The highest BCUT2D eigenvalue weighted by Crippen LogP contribution is 2.11. The van der Waals surface area contributed by atoms with Crippen LogP contribution >= 0.6 is 15.9 Å². The van der Waals surface area contributed by atoms with Crippen molar-refractivity contribution in [3.8, 4) is 0 Å². The molecule has 0 spiro atoms. The molecular weight excluding hydrogens is 218 g/mol. The Labute approximate surface area is 68.9 Å². The van der Waals surface area contributed by atoms with Gasteiger partial charge in [0, 0.05) is 21.8 Å². The lowest BCUT2D eigenvalue weighted by Crippen LogP contribution is -1.88. The molecule has 1 heterocycles. The van der Waals surface area contributed by atoms with E-state index in [4.69, 9.17) is 0 Å². The molecule has 5 heteroatoms. The molecule has 0 radical (unpaired) electrons. The van der Waals surface area contributed by atoms with Crippen LogP contribution in [0.5, 0.6) is 0 Å². The van der Waals surface area contributed by atoms with Crippen LogP contribution in [0.4, 0.5) is 0 Å². The van der Waals surface area contributed by atoms with Crippen LogP contribution in [0.2, 0.25) is 0 Å². The van der Waals surface area contributed by atoms with Crippen LogP contribution in [0.15, 0.2) is 27.8 Å². The lowest BCUT2D eigenvalue weighted by atomic mass is 10.5. The van der Waals surface area contributed by atoms with Gasteiger partial charge >= 0.3 is 0 Å². The van der Waals surface area contributed by atoms with Gasteiger partial charge in [0.1, 0.15) is 0 Å². The molecule has 0 bridgehead atoms. The second-order valence-corrected chi connectivity index (χ2v) is 3.43. The fourth-order valence-corrected chi connectivity index (χ4v) is 1.37.